The zero-order valence-corrected chi connectivity index (χ0v) is 9.62. The Morgan fingerprint density at radius 2 is 1.27 bits per heavy atom. The summed E-state index contributed by atoms with van der Waals surface area (Å²) < 4.78 is 0. The van der Waals surface area contributed by atoms with Gasteiger partial charge in [0.25, 0.3) is 12.9 Å². The molecule has 0 amide bonds. The molecule has 0 aliphatic carbocycles. The highest BCUT2D eigenvalue weighted by Crippen LogP contribution is 1.65. The van der Waals surface area contributed by atoms with Crippen molar-refractivity contribution in [3.05, 3.63) is 0 Å². The molecular weight excluding hydrogens is 204 g/mol. The minimum Gasteiger partial charge on any atom is -0.483 e. The number of nitrogens with zero attached hydrogens (tertiary/aromatic N) is 1. The van der Waals surface area contributed by atoms with Crippen LogP contribution in [0.1, 0.15) is 6.92 Å². The molecule has 0 rings (SSSR count). The van der Waals surface area contributed by atoms with E-state index in [1.807, 2.05) is 26.0 Å². The van der Waals surface area contributed by atoms with Crippen molar-refractivity contribution < 1.29 is 24.9 Å². The summed E-state index contributed by atoms with van der Waals surface area (Å²) >= 11 is 0. The lowest BCUT2D eigenvalue weighted by Gasteiger charge is -1.91. The number of nitrogens with two attached hydrogens (primary N) is 1. The number of hydrogen-bond acceptors (Lipinski definition) is 5. The van der Waals surface area contributed by atoms with Gasteiger partial charge < -0.3 is 26.0 Å². The van der Waals surface area contributed by atoms with E-state index in [1.54, 1.807) is 6.92 Å². The lowest BCUT2D eigenvalue weighted by Crippen LogP contribution is -2.14. The van der Waals surface area contributed by atoms with Crippen LogP contribution in [0, 0.1) is 0 Å². The van der Waals surface area contributed by atoms with Gasteiger partial charge in [-0.2, -0.15) is 0 Å². The minimum absolute atomic E-state index is 0.250. The summed E-state index contributed by atoms with van der Waals surface area (Å²) in [6, 6.07) is 0. The van der Waals surface area contributed by atoms with Gasteiger partial charge in [-0.05, 0) is 28.1 Å². The molecule has 0 fully saturated rings. The maximum atomic E-state index is 8.36. The maximum absolute atomic E-state index is 8.36. The molecule has 94 valence electrons. The van der Waals surface area contributed by atoms with Gasteiger partial charge in [-0.3, -0.25) is 9.59 Å². The summed E-state index contributed by atoms with van der Waals surface area (Å²) in [5, 5.41) is 22.0. The van der Waals surface area contributed by atoms with Crippen molar-refractivity contribution in [2.75, 3.05) is 27.7 Å². The molecule has 5 N–H and O–H groups in total. The molecule has 0 saturated heterocycles. The Morgan fingerprint density at radius 3 is 1.27 bits per heavy atom. The lowest BCUT2D eigenvalue weighted by molar-refractivity contribution is -0.123. The van der Waals surface area contributed by atoms with Crippen molar-refractivity contribution in [3.63, 3.8) is 0 Å². The summed E-state index contributed by atoms with van der Waals surface area (Å²) in [7, 11) is 6.00. The molecule has 0 aromatic rings. The first kappa shape index (κ1) is 23.6. The number of hydrogen-bond donors (Lipinski definition) is 4. The maximum Gasteiger partial charge on any atom is 0.290 e. The van der Waals surface area contributed by atoms with E-state index in [9.17, 15) is 0 Å². The van der Waals surface area contributed by atoms with Crippen molar-refractivity contribution in [1.29, 1.82) is 0 Å². The molecule has 15 heavy (non-hydrogen) atoms. The van der Waals surface area contributed by atoms with E-state index in [4.69, 9.17) is 30.6 Å². The predicted octanol–water partition coefficient (Wildman–Crippen LogP) is -1.09. The topological polar surface area (TPSA) is 124 Å². The predicted molar refractivity (Wildman–Crippen MR) is 57.7 cm³/mol. The van der Waals surface area contributed by atoms with Crippen LogP contribution in [0.25, 0.3) is 0 Å². The number of carboxylic acid groups (broad SMARTS) is 2. The second-order valence-corrected chi connectivity index (χ2v) is 2.64. The minimum atomic E-state index is -0.338. The highest BCUT2D eigenvalue weighted by Gasteiger charge is 1.81. The van der Waals surface area contributed by atoms with Crippen molar-refractivity contribution >= 4 is 12.9 Å². The zero-order chi connectivity index (χ0) is 13.3. The Balaban J connectivity index is -0.0000000553. The highest BCUT2D eigenvalue weighted by molar-refractivity contribution is 5.32. The first-order valence-electron chi connectivity index (χ1n) is 3.98. The van der Waals surface area contributed by atoms with Crippen molar-refractivity contribution in [2.45, 2.75) is 13.0 Å². The summed E-state index contributed by atoms with van der Waals surface area (Å²) in [6.45, 7) is 1.51. The van der Waals surface area contributed by atoms with Crippen LogP contribution in [0.3, 0.4) is 0 Å². The molecule has 1 atom stereocenters. The van der Waals surface area contributed by atoms with Crippen molar-refractivity contribution in [1.82, 2.24) is 4.90 Å². The average molecular weight is 226 g/mol. The second-order valence-electron chi connectivity index (χ2n) is 2.64. The van der Waals surface area contributed by atoms with Crippen LogP contribution in [0.4, 0.5) is 0 Å². The van der Waals surface area contributed by atoms with Gasteiger partial charge in [-0.1, -0.05) is 0 Å². The normalized spacial score (nSPS) is 9.00. The third-order valence-corrected chi connectivity index (χ3v) is 0.341. The molecular formula is C8H22N2O5. The van der Waals surface area contributed by atoms with E-state index in [-0.39, 0.29) is 19.0 Å². The number of carbonyl (C=O) groups is 2. The van der Waals surface area contributed by atoms with Crippen LogP contribution < -0.4 is 5.73 Å². The van der Waals surface area contributed by atoms with Gasteiger partial charge in [0.15, 0.2) is 0 Å². The van der Waals surface area contributed by atoms with E-state index >= 15 is 0 Å². The van der Waals surface area contributed by atoms with Gasteiger partial charge in [0.2, 0.25) is 0 Å². The van der Waals surface area contributed by atoms with Crippen molar-refractivity contribution in [2.24, 2.45) is 5.73 Å². The SMILES string of the molecule is CC(O)CN.CN(C)C.O=CO.O=CO. The summed E-state index contributed by atoms with van der Waals surface area (Å²) in [5.74, 6) is 0. The van der Waals surface area contributed by atoms with E-state index in [2.05, 4.69) is 0 Å². The molecule has 0 spiro atoms. The third-order valence-electron chi connectivity index (χ3n) is 0.341. The molecule has 0 bridgehead atoms. The summed E-state index contributed by atoms with van der Waals surface area (Å²) in [4.78, 5) is 18.7. The first-order valence-corrected chi connectivity index (χ1v) is 3.98. The smallest absolute Gasteiger partial charge is 0.290 e. The Bertz CT molecular complexity index is 100. The quantitative estimate of drug-likeness (QED) is 0.418. The van der Waals surface area contributed by atoms with Gasteiger partial charge in [0.05, 0.1) is 6.10 Å². The average Bonchev–Trinajstić information content (AvgIpc) is 2.06. The number of rotatable bonds is 1. The largest absolute Gasteiger partial charge is 0.483 e. The van der Waals surface area contributed by atoms with Crippen molar-refractivity contribution in [3.8, 4) is 0 Å². The fourth-order valence-corrected chi connectivity index (χ4v) is 0. The Labute approximate surface area is 90.1 Å². The first-order chi connectivity index (χ1) is 6.83. The highest BCUT2D eigenvalue weighted by atomic mass is 16.3. The summed E-state index contributed by atoms with van der Waals surface area (Å²) in [6.07, 6.45) is -0.338. The lowest BCUT2D eigenvalue weighted by atomic mass is 10.4. The van der Waals surface area contributed by atoms with E-state index < -0.39 is 0 Å². The molecule has 7 heteroatoms. The van der Waals surface area contributed by atoms with Crippen LogP contribution in [0.15, 0.2) is 0 Å². The van der Waals surface area contributed by atoms with Crippen LogP contribution in [-0.4, -0.2) is 67.0 Å². The molecule has 0 heterocycles. The van der Waals surface area contributed by atoms with Gasteiger partial charge >= 0.3 is 0 Å². The van der Waals surface area contributed by atoms with Gasteiger partial charge in [0, 0.05) is 6.54 Å². The molecule has 0 aliphatic heterocycles. The molecule has 1 unspecified atom stereocenters. The Morgan fingerprint density at radius 1 is 1.20 bits per heavy atom. The monoisotopic (exact) mass is 226 g/mol. The van der Waals surface area contributed by atoms with Gasteiger partial charge in [-0.15, -0.1) is 0 Å². The molecule has 0 aromatic carbocycles. The number of aliphatic hydroxyl groups excluding tert-OH is 1. The fraction of sp³-hybridized carbons (Fsp3) is 0.750. The zero-order valence-electron chi connectivity index (χ0n) is 9.62. The summed E-state index contributed by atoms with van der Waals surface area (Å²) in [5.41, 5.74) is 4.92. The van der Waals surface area contributed by atoms with Crippen LogP contribution in [-0.2, 0) is 9.59 Å². The molecule has 0 aliphatic rings. The Hall–Kier alpha value is -1.18. The standard InChI is InChI=1S/C3H9NO.C3H9N.2CH2O2/c1-3(5)2-4;1-4(2)3;2*2-1-3/h3,5H,2,4H2,1H3;1-3H3;2*1H,(H,2,3). The second kappa shape index (κ2) is 29.3. The molecule has 0 aromatic heterocycles. The molecule has 0 saturated carbocycles. The molecule has 7 nitrogen and oxygen atoms in total. The van der Waals surface area contributed by atoms with Crippen LogP contribution in [0.2, 0.25) is 0 Å². The van der Waals surface area contributed by atoms with Crippen LogP contribution in [0.5, 0.6) is 0 Å². The van der Waals surface area contributed by atoms with E-state index in [0.717, 1.165) is 0 Å². The number of aliphatic hydroxyl groups is 1. The van der Waals surface area contributed by atoms with Crippen LogP contribution >= 0.6 is 0 Å². The molecule has 0 radical (unpaired) electrons. The van der Waals surface area contributed by atoms with E-state index in [1.165, 1.54) is 0 Å². The third kappa shape index (κ3) is 2230. The van der Waals surface area contributed by atoms with Gasteiger partial charge in [-0.25, -0.2) is 0 Å². The van der Waals surface area contributed by atoms with E-state index in [0.29, 0.717) is 6.54 Å². The fourth-order valence-electron chi connectivity index (χ4n) is 0. The van der Waals surface area contributed by atoms with Gasteiger partial charge in [0.1, 0.15) is 0 Å². The Kier molecular flexibility index (Phi) is 46.0.